The molecule has 1 aromatic rings. The van der Waals surface area contributed by atoms with Gasteiger partial charge in [0.05, 0.1) is 0 Å². The second kappa shape index (κ2) is 9.60. The molecule has 0 saturated carbocycles. The first-order valence-electron chi connectivity index (χ1n) is 7.44. The van der Waals surface area contributed by atoms with E-state index in [4.69, 9.17) is 0 Å². The van der Waals surface area contributed by atoms with Crippen molar-refractivity contribution in [1.82, 2.24) is 0 Å². The molecule has 1 N–H and O–H groups in total. The van der Waals surface area contributed by atoms with Gasteiger partial charge in [0.15, 0.2) is 0 Å². The molecule has 0 spiro atoms. The van der Waals surface area contributed by atoms with Crippen LogP contribution in [0, 0.1) is 6.92 Å². The fourth-order valence-electron chi connectivity index (χ4n) is 2.07. The molecule has 0 aliphatic carbocycles. The summed E-state index contributed by atoms with van der Waals surface area (Å²) in [5.74, 6) is 0.128. The largest absolute Gasteiger partial charge is 0.326 e. The van der Waals surface area contributed by atoms with Crippen molar-refractivity contribution in [3.8, 4) is 0 Å². The van der Waals surface area contributed by atoms with E-state index in [9.17, 15) is 4.79 Å². The summed E-state index contributed by atoms with van der Waals surface area (Å²) in [6, 6.07) is 8.18. The number of hydrogen-bond donors (Lipinski definition) is 1. The summed E-state index contributed by atoms with van der Waals surface area (Å²) in [7, 11) is 0. The van der Waals surface area contributed by atoms with Crippen LogP contribution in [0.2, 0.25) is 0 Å². The van der Waals surface area contributed by atoms with Crippen LogP contribution < -0.4 is 5.32 Å². The molecule has 0 aliphatic rings. The van der Waals surface area contributed by atoms with Crippen molar-refractivity contribution < 1.29 is 4.79 Å². The molecule has 0 saturated heterocycles. The topological polar surface area (TPSA) is 29.1 Å². The molecular weight excluding hydrogens is 234 g/mol. The maximum Gasteiger partial charge on any atom is 0.224 e. The molecule has 0 heterocycles. The first kappa shape index (κ1) is 15.7. The van der Waals surface area contributed by atoms with Gasteiger partial charge in [-0.15, -0.1) is 0 Å². The molecule has 0 aliphatic heterocycles. The van der Waals surface area contributed by atoms with Crippen LogP contribution in [0.5, 0.6) is 0 Å². The predicted octanol–water partition coefficient (Wildman–Crippen LogP) is 4.75. The average Bonchev–Trinajstić information content (AvgIpc) is 2.40. The van der Waals surface area contributed by atoms with Crippen molar-refractivity contribution in [2.24, 2.45) is 0 Å². The predicted molar refractivity (Wildman–Crippen MR) is 82.1 cm³/mol. The average molecular weight is 260 g/mol. The molecule has 0 fully saturated rings. The standard InChI is InChI=1S/C17H26NO/c1-3-5-7-10-15-11-9-12-16(14-15)18-17(19)13-8-6-4-2/h9,11-12,14H,1,3-8,10,13H2,2H3,(H,18,19). The van der Waals surface area contributed by atoms with E-state index in [1.165, 1.54) is 5.56 Å². The highest BCUT2D eigenvalue weighted by atomic mass is 16.1. The van der Waals surface area contributed by atoms with E-state index in [-0.39, 0.29) is 5.91 Å². The lowest BCUT2D eigenvalue weighted by Crippen LogP contribution is -2.11. The lowest BCUT2D eigenvalue weighted by Gasteiger charge is -2.07. The van der Waals surface area contributed by atoms with Crippen LogP contribution in [-0.2, 0) is 11.2 Å². The highest BCUT2D eigenvalue weighted by Crippen LogP contribution is 2.14. The molecular formula is C17H26NO. The number of aryl methyl sites for hydroxylation is 1. The molecule has 2 heteroatoms. The van der Waals surface area contributed by atoms with Gasteiger partial charge in [0.1, 0.15) is 0 Å². The minimum Gasteiger partial charge on any atom is -0.326 e. The van der Waals surface area contributed by atoms with Gasteiger partial charge < -0.3 is 5.32 Å². The van der Waals surface area contributed by atoms with E-state index in [1.54, 1.807) is 0 Å². The molecule has 19 heavy (non-hydrogen) atoms. The molecule has 105 valence electrons. The Kier molecular flexibility index (Phi) is 7.95. The highest BCUT2D eigenvalue weighted by molar-refractivity contribution is 5.90. The number of carbonyl (C=O) groups is 1. The molecule has 1 rings (SSSR count). The SMILES string of the molecule is [CH2]CCCCc1cccc(NC(=O)CCCCC)c1. The summed E-state index contributed by atoms with van der Waals surface area (Å²) in [5, 5.41) is 2.98. The Morgan fingerprint density at radius 1 is 1.21 bits per heavy atom. The molecule has 0 unspecified atom stereocenters. The van der Waals surface area contributed by atoms with E-state index in [0.717, 1.165) is 50.6 Å². The van der Waals surface area contributed by atoms with Gasteiger partial charge in [0.2, 0.25) is 5.91 Å². The zero-order valence-corrected chi connectivity index (χ0v) is 12.1. The van der Waals surface area contributed by atoms with E-state index >= 15 is 0 Å². The van der Waals surface area contributed by atoms with Crippen molar-refractivity contribution in [1.29, 1.82) is 0 Å². The van der Waals surface area contributed by atoms with Crippen molar-refractivity contribution in [3.63, 3.8) is 0 Å². The summed E-state index contributed by atoms with van der Waals surface area (Å²) in [6.45, 7) is 6.00. The number of carbonyl (C=O) groups excluding carboxylic acids is 1. The number of benzene rings is 1. The quantitative estimate of drug-likeness (QED) is 0.638. The van der Waals surface area contributed by atoms with Crippen LogP contribution in [-0.4, -0.2) is 5.91 Å². The minimum atomic E-state index is 0.128. The number of hydrogen-bond acceptors (Lipinski definition) is 1. The molecule has 0 aromatic heterocycles. The third kappa shape index (κ3) is 7.00. The number of unbranched alkanes of at least 4 members (excludes halogenated alkanes) is 4. The number of nitrogens with one attached hydrogen (secondary N) is 1. The molecule has 2 nitrogen and oxygen atoms in total. The lowest BCUT2D eigenvalue weighted by molar-refractivity contribution is -0.116. The van der Waals surface area contributed by atoms with Crippen molar-refractivity contribution in [2.45, 2.75) is 58.3 Å². The Bertz CT molecular complexity index is 373. The summed E-state index contributed by atoms with van der Waals surface area (Å²) < 4.78 is 0. The number of amides is 1. The summed E-state index contributed by atoms with van der Waals surface area (Å²) >= 11 is 0. The fourth-order valence-corrected chi connectivity index (χ4v) is 2.07. The first-order chi connectivity index (χ1) is 9.26. The zero-order chi connectivity index (χ0) is 13.9. The van der Waals surface area contributed by atoms with Gasteiger partial charge in [-0.25, -0.2) is 0 Å². The van der Waals surface area contributed by atoms with E-state index in [0.29, 0.717) is 6.42 Å². The van der Waals surface area contributed by atoms with Gasteiger partial charge in [-0.1, -0.05) is 51.7 Å². The van der Waals surface area contributed by atoms with Gasteiger partial charge in [-0.05, 0) is 37.0 Å². The third-order valence-electron chi connectivity index (χ3n) is 3.18. The Balaban J connectivity index is 2.40. The van der Waals surface area contributed by atoms with Gasteiger partial charge in [0, 0.05) is 12.1 Å². The highest BCUT2D eigenvalue weighted by Gasteiger charge is 2.02. The maximum atomic E-state index is 11.7. The fraction of sp³-hybridized carbons (Fsp3) is 0.529. The monoisotopic (exact) mass is 260 g/mol. The van der Waals surface area contributed by atoms with Crippen LogP contribution in [0.25, 0.3) is 0 Å². The molecule has 1 aromatic carbocycles. The second-order valence-corrected chi connectivity index (χ2v) is 5.02. The Hall–Kier alpha value is -1.31. The summed E-state index contributed by atoms with van der Waals surface area (Å²) in [5.41, 5.74) is 2.22. The molecule has 1 radical (unpaired) electrons. The van der Waals surface area contributed by atoms with Crippen LogP contribution >= 0.6 is 0 Å². The summed E-state index contributed by atoms with van der Waals surface area (Å²) in [4.78, 5) is 11.7. The van der Waals surface area contributed by atoms with Gasteiger partial charge in [-0.3, -0.25) is 4.79 Å². The smallest absolute Gasteiger partial charge is 0.224 e. The van der Waals surface area contributed by atoms with Crippen LogP contribution in [0.15, 0.2) is 24.3 Å². The number of anilines is 1. The number of rotatable bonds is 9. The van der Waals surface area contributed by atoms with Crippen LogP contribution in [0.4, 0.5) is 5.69 Å². The molecule has 1 amide bonds. The van der Waals surface area contributed by atoms with Crippen molar-refractivity contribution in [2.75, 3.05) is 5.32 Å². The zero-order valence-electron chi connectivity index (χ0n) is 12.1. The van der Waals surface area contributed by atoms with E-state index in [2.05, 4.69) is 31.3 Å². The van der Waals surface area contributed by atoms with Gasteiger partial charge in [0.25, 0.3) is 0 Å². The molecule has 0 atom stereocenters. The second-order valence-electron chi connectivity index (χ2n) is 5.02. The van der Waals surface area contributed by atoms with Crippen LogP contribution in [0.1, 0.15) is 57.4 Å². The third-order valence-corrected chi connectivity index (χ3v) is 3.18. The van der Waals surface area contributed by atoms with Gasteiger partial charge in [-0.2, -0.15) is 0 Å². The Labute approximate surface area is 117 Å². The normalized spacial score (nSPS) is 10.4. The molecule has 0 bridgehead atoms. The van der Waals surface area contributed by atoms with E-state index in [1.807, 2.05) is 12.1 Å². The lowest BCUT2D eigenvalue weighted by atomic mass is 10.1. The Morgan fingerprint density at radius 3 is 2.79 bits per heavy atom. The van der Waals surface area contributed by atoms with Crippen LogP contribution in [0.3, 0.4) is 0 Å². The minimum absolute atomic E-state index is 0.128. The van der Waals surface area contributed by atoms with Crippen molar-refractivity contribution in [3.05, 3.63) is 36.8 Å². The Morgan fingerprint density at radius 2 is 2.05 bits per heavy atom. The van der Waals surface area contributed by atoms with E-state index < -0.39 is 0 Å². The van der Waals surface area contributed by atoms with Crippen molar-refractivity contribution >= 4 is 11.6 Å². The summed E-state index contributed by atoms with van der Waals surface area (Å²) in [6.07, 6.45) is 8.26. The first-order valence-corrected chi connectivity index (χ1v) is 7.44. The van der Waals surface area contributed by atoms with Gasteiger partial charge >= 0.3 is 0 Å². The maximum absolute atomic E-state index is 11.7.